The third-order valence-corrected chi connectivity index (χ3v) is 4.52. The maximum Gasteiger partial charge on any atom is 0.240 e. The van der Waals surface area contributed by atoms with Crippen molar-refractivity contribution in [3.8, 4) is 0 Å². The van der Waals surface area contributed by atoms with Crippen LogP contribution >= 0.6 is 11.6 Å². The quantitative estimate of drug-likeness (QED) is 0.840. The average Bonchev–Trinajstić information content (AvgIpc) is 2.45. The molecule has 1 unspecified atom stereocenters. The van der Waals surface area contributed by atoms with Crippen LogP contribution in [-0.4, -0.2) is 22.9 Å². The molecule has 5 nitrogen and oxygen atoms in total. The monoisotopic (exact) mass is 319 g/mol. The van der Waals surface area contributed by atoms with Gasteiger partial charge < -0.3 is 5.32 Å². The van der Waals surface area contributed by atoms with Gasteiger partial charge in [-0.1, -0.05) is 19.1 Å². The van der Waals surface area contributed by atoms with Gasteiger partial charge in [-0.05, 0) is 30.5 Å². The van der Waals surface area contributed by atoms with Crippen molar-refractivity contribution < 1.29 is 9.59 Å². The number of amides is 2. The lowest BCUT2D eigenvalue weighted by atomic mass is 9.84. The Labute approximate surface area is 134 Å². The van der Waals surface area contributed by atoms with Crippen molar-refractivity contribution in [2.45, 2.75) is 31.6 Å². The van der Waals surface area contributed by atoms with E-state index in [1.165, 1.54) is 0 Å². The van der Waals surface area contributed by atoms with Gasteiger partial charge in [0.2, 0.25) is 11.8 Å². The fraction of sp³-hybridized carbons (Fsp3) is 0.438. The minimum Gasteiger partial charge on any atom is -0.326 e. The third-order valence-electron chi connectivity index (χ3n) is 4.16. The van der Waals surface area contributed by atoms with E-state index < -0.39 is 0 Å². The zero-order valence-corrected chi connectivity index (χ0v) is 13.1. The second kappa shape index (κ2) is 6.08. The number of carbonyl (C=O) groups is 2. The Morgan fingerprint density at radius 2 is 2.00 bits per heavy atom. The molecule has 2 aliphatic rings. The summed E-state index contributed by atoms with van der Waals surface area (Å²) in [5.74, 6) is 0.0865. The molecule has 1 aromatic rings. The number of nitrogens with one attached hydrogen (secondary N) is 2. The molecule has 1 heterocycles. The Morgan fingerprint density at radius 1 is 1.32 bits per heavy atom. The van der Waals surface area contributed by atoms with Gasteiger partial charge >= 0.3 is 0 Å². The molecule has 1 aliphatic carbocycles. The van der Waals surface area contributed by atoms with Crippen LogP contribution in [0.1, 0.15) is 31.7 Å². The van der Waals surface area contributed by atoms with Gasteiger partial charge in [0.15, 0.2) is 0 Å². The number of nitrogens with zero attached hydrogens (tertiary/aromatic N) is 1. The normalized spacial score (nSPS) is 27.5. The molecule has 6 heteroatoms. The molecule has 1 atom stereocenters. The average molecular weight is 320 g/mol. The highest BCUT2D eigenvalue weighted by Crippen LogP contribution is 2.32. The molecule has 2 N–H and O–H groups in total. The number of rotatable bonds is 3. The van der Waals surface area contributed by atoms with Crippen molar-refractivity contribution in [3.63, 3.8) is 0 Å². The summed E-state index contributed by atoms with van der Waals surface area (Å²) >= 11 is 5.90. The summed E-state index contributed by atoms with van der Waals surface area (Å²) in [6, 6.07) is 7.53. The maximum atomic E-state index is 12.0. The number of anilines is 1. The predicted molar refractivity (Wildman–Crippen MR) is 85.9 cm³/mol. The molecular weight excluding hydrogens is 302 g/mol. The molecule has 2 amide bonds. The molecule has 0 aromatic heterocycles. The Kier molecular flexibility index (Phi) is 4.16. The van der Waals surface area contributed by atoms with Crippen LogP contribution in [0.25, 0.3) is 0 Å². The topological polar surface area (TPSA) is 70.6 Å². The van der Waals surface area contributed by atoms with Gasteiger partial charge in [0, 0.05) is 29.3 Å². The highest BCUT2D eigenvalue weighted by molar-refractivity contribution is 6.21. The van der Waals surface area contributed by atoms with E-state index in [9.17, 15) is 9.59 Å². The number of hydrazone groups is 1. The number of hydrogen-bond acceptors (Lipinski definition) is 3. The lowest BCUT2D eigenvalue weighted by Gasteiger charge is -2.29. The lowest BCUT2D eigenvalue weighted by Crippen LogP contribution is -2.35. The van der Waals surface area contributed by atoms with Gasteiger partial charge in [-0.2, -0.15) is 5.10 Å². The first kappa shape index (κ1) is 15.0. The van der Waals surface area contributed by atoms with Crippen molar-refractivity contribution in [3.05, 3.63) is 29.8 Å². The summed E-state index contributed by atoms with van der Waals surface area (Å²) in [6.45, 7) is 1.98. The SMILES string of the molecule is CC1CC(=O)NN=C1c1ccc(NC(=O)[C@H]2C[C@H](Cl)C2)cc1. The van der Waals surface area contributed by atoms with Crippen molar-refractivity contribution in [1.82, 2.24) is 5.43 Å². The van der Waals surface area contributed by atoms with E-state index >= 15 is 0 Å². The van der Waals surface area contributed by atoms with Crippen LogP contribution in [0, 0.1) is 11.8 Å². The van der Waals surface area contributed by atoms with Gasteiger partial charge in [0.25, 0.3) is 0 Å². The Morgan fingerprint density at radius 3 is 2.59 bits per heavy atom. The molecule has 0 radical (unpaired) electrons. The van der Waals surface area contributed by atoms with Crippen LogP contribution in [0.2, 0.25) is 0 Å². The van der Waals surface area contributed by atoms with Crippen molar-refractivity contribution in [1.29, 1.82) is 0 Å². The first-order valence-corrected chi connectivity index (χ1v) is 7.88. The second-order valence-electron chi connectivity index (χ2n) is 5.97. The first-order chi connectivity index (χ1) is 10.5. The third kappa shape index (κ3) is 3.14. The molecule has 0 saturated heterocycles. The van der Waals surface area contributed by atoms with E-state index in [-0.39, 0.29) is 29.0 Å². The molecule has 1 saturated carbocycles. The maximum absolute atomic E-state index is 12.0. The Balaban J connectivity index is 1.65. The van der Waals surface area contributed by atoms with Gasteiger partial charge in [0.05, 0.1) is 5.71 Å². The fourth-order valence-corrected chi connectivity index (χ4v) is 3.16. The van der Waals surface area contributed by atoms with Gasteiger partial charge in [-0.15, -0.1) is 11.6 Å². The molecule has 1 aliphatic heterocycles. The smallest absolute Gasteiger partial charge is 0.240 e. The number of carbonyl (C=O) groups excluding carboxylic acids is 2. The second-order valence-corrected chi connectivity index (χ2v) is 6.59. The summed E-state index contributed by atoms with van der Waals surface area (Å²) in [5, 5.41) is 7.17. The molecule has 3 rings (SSSR count). The standard InChI is InChI=1S/C16H18ClN3O2/c1-9-6-14(21)19-20-15(9)10-2-4-13(5-3-10)18-16(22)11-7-12(17)8-11/h2-5,9,11-12H,6-8H2,1H3,(H,18,22)(H,19,21)/t9?,11-,12-. The summed E-state index contributed by atoms with van der Waals surface area (Å²) in [5.41, 5.74) is 5.09. The summed E-state index contributed by atoms with van der Waals surface area (Å²) in [4.78, 5) is 23.2. The summed E-state index contributed by atoms with van der Waals surface area (Å²) < 4.78 is 0. The van der Waals surface area contributed by atoms with E-state index in [0.29, 0.717) is 6.42 Å². The summed E-state index contributed by atoms with van der Waals surface area (Å²) in [6.07, 6.45) is 1.94. The zero-order chi connectivity index (χ0) is 15.7. The molecule has 0 bridgehead atoms. The van der Waals surface area contributed by atoms with Crippen LogP contribution in [0.3, 0.4) is 0 Å². The van der Waals surface area contributed by atoms with Crippen LogP contribution in [0.5, 0.6) is 0 Å². The van der Waals surface area contributed by atoms with Crippen LogP contribution < -0.4 is 10.7 Å². The highest BCUT2D eigenvalue weighted by Gasteiger charge is 2.33. The largest absolute Gasteiger partial charge is 0.326 e. The van der Waals surface area contributed by atoms with E-state index in [1.54, 1.807) is 0 Å². The summed E-state index contributed by atoms with van der Waals surface area (Å²) in [7, 11) is 0. The minimum absolute atomic E-state index is 0.0279. The van der Waals surface area contributed by atoms with Crippen molar-refractivity contribution in [2.24, 2.45) is 16.9 Å². The van der Waals surface area contributed by atoms with Crippen LogP contribution in [-0.2, 0) is 9.59 Å². The van der Waals surface area contributed by atoms with Crippen molar-refractivity contribution in [2.75, 3.05) is 5.32 Å². The lowest BCUT2D eigenvalue weighted by molar-refractivity contribution is -0.122. The molecular formula is C16H18ClN3O2. The number of alkyl halides is 1. The number of hydrogen-bond donors (Lipinski definition) is 2. The highest BCUT2D eigenvalue weighted by atomic mass is 35.5. The van der Waals surface area contributed by atoms with Gasteiger partial charge in [-0.25, -0.2) is 5.43 Å². The minimum atomic E-state index is -0.0572. The van der Waals surface area contributed by atoms with Gasteiger partial charge in [0.1, 0.15) is 0 Å². The molecule has 1 aromatic carbocycles. The Hall–Kier alpha value is -1.88. The van der Waals surface area contributed by atoms with Crippen molar-refractivity contribution >= 4 is 34.8 Å². The fourth-order valence-electron chi connectivity index (χ4n) is 2.73. The molecule has 22 heavy (non-hydrogen) atoms. The number of halogens is 1. The number of benzene rings is 1. The molecule has 116 valence electrons. The van der Waals surface area contributed by atoms with Crippen LogP contribution in [0.15, 0.2) is 29.4 Å². The predicted octanol–water partition coefficient (Wildman–Crippen LogP) is 2.50. The molecule has 0 spiro atoms. The van der Waals surface area contributed by atoms with E-state index in [1.807, 2.05) is 31.2 Å². The van der Waals surface area contributed by atoms with E-state index in [0.717, 1.165) is 29.8 Å². The first-order valence-electron chi connectivity index (χ1n) is 7.44. The molecule has 1 fully saturated rings. The zero-order valence-electron chi connectivity index (χ0n) is 12.3. The van der Waals surface area contributed by atoms with Crippen LogP contribution in [0.4, 0.5) is 5.69 Å². The van der Waals surface area contributed by atoms with E-state index in [2.05, 4.69) is 15.8 Å². The van der Waals surface area contributed by atoms with E-state index in [4.69, 9.17) is 11.6 Å². The van der Waals surface area contributed by atoms with Gasteiger partial charge in [-0.3, -0.25) is 9.59 Å². The Bertz CT molecular complexity index is 621.